The highest BCUT2D eigenvalue weighted by Gasteiger charge is 2.28. The molecule has 0 bridgehead atoms. The van der Waals surface area contributed by atoms with Gasteiger partial charge in [0, 0.05) is 32.6 Å². The summed E-state index contributed by atoms with van der Waals surface area (Å²) in [5.41, 5.74) is 1.47. The molecule has 3 aliphatic rings. The van der Waals surface area contributed by atoms with Crippen LogP contribution < -0.4 is 10.2 Å². The van der Waals surface area contributed by atoms with Gasteiger partial charge >= 0.3 is 0 Å². The summed E-state index contributed by atoms with van der Waals surface area (Å²) < 4.78 is 33.4. The summed E-state index contributed by atoms with van der Waals surface area (Å²) in [7, 11) is -3.55. The lowest BCUT2D eigenvalue weighted by atomic mass is 10.0. The first kappa shape index (κ1) is 21.6. The van der Waals surface area contributed by atoms with E-state index in [0.29, 0.717) is 44.3 Å². The summed E-state index contributed by atoms with van der Waals surface area (Å²) in [5, 5.41) is 3.05. The Kier molecular flexibility index (Phi) is 6.95. The van der Waals surface area contributed by atoms with E-state index in [9.17, 15) is 13.2 Å². The van der Waals surface area contributed by atoms with Crippen LogP contribution in [0.2, 0.25) is 0 Å². The van der Waals surface area contributed by atoms with Crippen molar-refractivity contribution in [1.82, 2.24) is 4.31 Å². The highest BCUT2D eigenvalue weighted by molar-refractivity contribution is 7.89. The molecule has 0 atom stereocenters. The van der Waals surface area contributed by atoms with E-state index in [1.54, 1.807) is 16.4 Å². The number of nitrogens with one attached hydrogen (secondary N) is 1. The molecule has 1 aromatic rings. The maximum absolute atomic E-state index is 13.2. The first-order valence-corrected chi connectivity index (χ1v) is 12.7. The molecule has 1 saturated carbocycles. The van der Waals surface area contributed by atoms with Gasteiger partial charge in [0.2, 0.25) is 15.9 Å². The number of ether oxygens (including phenoxy) is 1. The fraction of sp³-hybridized carbons (Fsp3) is 0.682. The zero-order valence-electron chi connectivity index (χ0n) is 17.6. The van der Waals surface area contributed by atoms with E-state index < -0.39 is 10.0 Å². The average Bonchev–Trinajstić information content (AvgIpc) is 3.28. The molecule has 1 aliphatic carbocycles. The van der Waals surface area contributed by atoms with Gasteiger partial charge in [-0.1, -0.05) is 19.3 Å². The maximum atomic E-state index is 13.2. The summed E-state index contributed by atoms with van der Waals surface area (Å²) in [6.45, 7) is 3.84. The zero-order chi connectivity index (χ0) is 21.0. The first-order chi connectivity index (χ1) is 14.5. The lowest BCUT2D eigenvalue weighted by Crippen LogP contribution is -2.37. The quantitative estimate of drug-likeness (QED) is 0.742. The van der Waals surface area contributed by atoms with Crippen LogP contribution >= 0.6 is 0 Å². The highest BCUT2D eigenvalue weighted by Crippen LogP contribution is 2.33. The van der Waals surface area contributed by atoms with Crippen molar-refractivity contribution in [2.75, 3.05) is 49.6 Å². The Morgan fingerprint density at radius 2 is 1.70 bits per heavy atom. The van der Waals surface area contributed by atoms with Crippen molar-refractivity contribution in [1.29, 1.82) is 0 Å². The van der Waals surface area contributed by atoms with E-state index in [0.717, 1.165) is 50.9 Å². The van der Waals surface area contributed by atoms with E-state index >= 15 is 0 Å². The topological polar surface area (TPSA) is 79.0 Å². The SMILES string of the molecule is O=C(CC1CCCC1)Nc1cc(S(=O)(=O)N2CCCCC2)ccc1N1CCOCC1. The molecular formula is C22H33N3O4S. The van der Waals surface area contributed by atoms with E-state index in [1.165, 1.54) is 12.8 Å². The van der Waals surface area contributed by atoms with Gasteiger partial charge < -0.3 is 15.0 Å². The highest BCUT2D eigenvalue weighted by atomic mass is 32.2. The number of sulfonamides is 1. The molecule has 30 heavy (non-hydrogen) atoms. The number of carbonyl (C=O) groups excluding carboxylic acids is 1. The lowest BCUT2D eigenvalue weighted by Gasteiger charge is -2.31. The molecule has 1 amide bonds. The Morgan fingerprint density at radius 1 is 1.00 bits per heavy atom. The largest absolute Gasteiger partial charge is 0.378 e. The summed E-state index contributed by atoms with van der Waals surface area (Å²) in [5.74, 6) is 0.418. The summed E-state index contributed by atoms with van der Waals surface area (Å²) in [6.07, 6.45) is 7.98. The molecule has 1 aromatic carbocycles. The van der Waals surface area contributed by atoms with Gasteiger partial charge in [-0.05, 0) is 49.8 Å². The molecule has 0 spiro atoms. The predicted molar refractivity (Wildman–Crippen MR) is 117 cm³/mol. The van der Waals surface area contributed by atoms with E-state index in [2.05, 4.69) is 10.2 Å². The van der Waals surface area contributed by atoms with E-state index in [4.69, 9.17) is 4.74 Å². The van der Waals surface area contributed by atoms with Crippen LogP contribution in [0.3, 0.4) is 0 Å². The van der Waals surface area contributed by atoms with Crippen LogP contribution in [-0.2, 0) is 19.6 Å². The van der Waals surface area contributed by atoms with Crippen molar-refractivity contribution in [3.05, 3.63) is 18.2 Å². The smallest absolute Gasteiger partial charge is 0.243 e. The van der Waals surface area contributed by atoms with Crippen molar-refractivity contribution >= 4 is 27.3 Å². The van der Waals surface area contributed by atoms with Gasteiger partial charge in [0.05, 0.1) is 29.5 Å². The number of rotatable bonds is 6. The molecule has 2 heterocycles. The van der Waals surface area contributed by atoms with Crippen LogP contribution in [0.1, 0.15) is 51.4 Å². The molecule has 2 aliphatic heterocycles. The predicted octanol–water partition coefficient (Wildman–Crippen LogP) is 3.22. The number of nitrogens with zero attached hydrogens (tertiary/aromatic N) is 2. The van der Waals surface area contributed by atoms with Crippen LogP contribution in [0, 0.1) is 5.92 Å². The second-order valence-corrected chi connectivity index (χ2v) is 10.6. The molecule has 2 saturated heterocycles. The van der Waals surface area contributed by atoms with E-state index in [-0.39, 0.29) is 10.8 Å². The third kappa shape index (κ3) is 4.98. The molecule has 7 nitrogen and oxygen atoms in total. The lowest BCUT2D eigenvalue weighted by molar-refractivity contribution is -0.117. The van der Waals surface area contributed by atoms with E-state index in [1.807, 2.05) is 6.07 Å². The monoisotopic (exact) mass is 435 g/mol. The van der Waals surface area contributed by atoms with Crippen molar-refractivity contribution in [3.63, 3.8) is 0 Å². The Morgan fingerprint density at radius 3 is 2.40 bits per heavy atom. The second-order valence-electron chi connectivity index (χ2n) is 8.65. The van der Waals surface area contributed by atoms with Crippen molar-refractivity contribution < 1.29 is 17.9 Å². The van der Waals surface area contributed by atoms with Crippen molar-refractivity contribution in [2.45, 2.75) is 56.3 Å². The first-order valence-electron chi connectivity index (χ1n) is 11.3. The molecule has 1 N–H and O–H groups in total. The fourth-order valence-corrected chi connectivity index (χ4v) is 6.33. The number of morpholine rings is 1. The molecule has 4 rings (SSSR count). The van der Waals surface area contributed by atoms with Crippen molar-refractivity contribution in [2.24, 2.45) is 5.92 Å². The Hall–Kier alpha value is -1.64. The number of benzene rings is 1. The number of anilines is 2. The van der Waals surface area contributed by atoms with Gasteiger partial charge in [-0.25, -0.2) is 8.42 Å². The standard InChI is InChI=1S/C22H33N3O4S/c26-22(16-18-6-2-3-7-18)23-20-17-19(30(27,28)25-10-4-1-5-11-25)8-9-21(20)24-12-14-29-15-13-24/h8-9,17-18H,1-7,10-16H2,(H,23,26). The van der Waals surface area contributed by atoms with Gasteiger partial charge in [0.25, 0.3) is 0 Å². The number of hydrogen-bond donors (Lipinski definition) is 1. The fourth-order valence-electron chi connectivity index (χ4n) is 4.79. The molecule has 0 aromatic heterocycles. The van der Waals surface area contributed by atoms with Crippen LogP contribution in [0.4, 0.5) is 11.4 Å². The summed E-state index contributed by atoms with van der Waals surface area (Å²) in [4.78, 5) is 15.2. The Labute approximate surface area is 179 Å². The minimum atomic E-state index is -3.55. The molecule has 8 heteroatoms. The molecule has 0 radical (unpaired) electrons. The Bertz CT molecular complexity index is 840. The van der Waals surface area contributed by atoms with Crippen molar-refractivity contribution in [3.8, 4) is 0 Å². The van der Waals surface area contributed by atoms with Crippen LogP contribution in [0.15, 0.2) is 23.1 Å². The molecule has 0 unspecified atom stereocenters. The van der Waals surface area contributed by atoms with Gasteiger partial charge in [-0.2, -0.15) is 4.31 Å². The minimum absolute atomic E-state index is 0.0241. The molecule has 166 valence electrons. The minimum Gasteiger partial charge on any atom is -0.378 e. The van der Waals surface area contributed by atoms with Crippen LogP contribution in [-0.4, -0.2) is 58.0 Å². The summed E-state index contributed by atoms with van der Waals surface area (Å²) >= 11 is 0. The van der Waals surface area contributed by atoms with Gasteiger partial charge in [0.15, 0.2) is 0 Å². The normalized spacial score (nSPS) is 21.7. The van der Waals surface area contributed by atoms with Gasteiger partial charge in [-0.3, -0.25) is 4.79 Å². The van der Waals surface area contributed by atoms with Crippen LogP contribution in [0.25, 0.3) is 0 Å². The number of amides is 1. The van der Waals surface area contributed by atoms with Crippen LogP contribution in [0.5, 0.6) is 0 Å². The second kappa shape index (κ2) is 9.66. The zero-order valence-corrected chi connectivity index (χ0v) is 18.5. The average molecular weight is 436 g/mol. The Balaban J connectivity index is 1.59. The molecular weight excluding hydrogens is 402 g/mol. The van der Waals surface area contributed by atoms with Gasteiger partial charge in [0.1, 0.15) is 0 Å². The number of carbonyl (C=O) groups is 1. The summed E-state index contributed by atoms with van der Waals surface area (Å²) in [6, 6.07) is 5.18. The third-order valence-electron chi connectivity index (χ3n) is 6.50. The number of piperidine rings is 1. The number of hydrogen-bond acceptors (Lipinski definition) is 5. The van der Waals surface area contributed by atoms with Gasteiger partial charge in [-0.15, -0.1) is 0 Å². The third-order valence-corrected chi connectivity index (χ3v) is 8.39. The maximum Gasteiger partial charge on any atom is 0.243 e. The molecule has 3 fully saturated rings.